The van der Waals surface area contributed by atoms with E-state index in [1.54, 1.807) is 12.6 Å². The van der Waals surface area contributed by atoms with Crippen molar-refractivity contribution in [2.45, 2.75) is 44.1 Å². The van der Waals surface area contributed by atoms with Crippen molar-refractivity contribution in [3.05, 3.63) is 53.6 Å². The van der Waals surface area contributed by atoms with Crippen LogP contribution in [0.15, 0.2) is 42.4 Å². The molecule has 166 valence electrons. The summed E-state index contributed by atoms with van der Waals surface area (Å²) in [5.41, 5.74) is 11.1. The van der Waals surface area contributed by atoms with Crippen molar-refractivity contribution in [3.63, 3.8) is 0 Å². The van der Waals surface area contributed by atoms with Crippen LogP contribution >= 0.6 is 12.2 Å². The van der Waals surface area contributed by atoms with E-state index in [0.717, 1.165) is 56.6 Å². The van der Waals surface area contributed by atoms with Gasteiger partial charge in [0.1, 0.15) is 30.5 Å². The first kappa shape index (κ1) is 21.7. The van der Waals surface area contributed by atoms with Crippen LogP contribution in [0.25, 0.3) is 0 Å². The van der Waals surface area contributed by atoms with Crippen LogP contribution in [-0.2, 0) is 9.60 Å². The van der Waals surface area contributed by atoms with Crippen LogP contribution in [0.2, 0.25) is 0 Å². The smallest absolute Gasteiger partial charge is 0.155 e. The highest BCUT2D eigenvalue weighted by molar-refractivity contribution is 7.92. The summed E-state index contributed by atoms with van der Waals surface area (Å²) in [4.78, 5) is 8.78. The molecule has 2 heterocycles. The van der Waals surface area contributed by atoms with Gasteiger partial charge in [-0.05, 0) is 55.5 Å². The van der Waals surface area contributed by atoms with Crippen molar-refractivity contribution >= 4 is 29.6 Å². The molecule has 0 amide bonds. The zero-order valence-corrected chi connectivity index (χ0v) is 18.7. The molecule has 1 unspecified atom stereocenters. The van der Waals surface area contributed by atoms with Gasteiger partial charge in [0.05, 0.1) is 6.04 Å². The Bertz CT molecular complexity index is 930. The van der Waals surface area contributed by atoms with E-state index in [-0.39, 0.29) is 11.5 Å². The van der Waals surface area contributed by atoms with Crippen LogP contribution in [0.1, 0.15) is 49.8 Å². The molecule has 1 aliphatic heterocycles. The number of anilines is 3. The van der Waals surface area contributed by atoms with E-state index in [0.29, 0.717) is 23.9 Å². The molecule has 1 fully saturated rings. The molecule has 1 aliphatic carbocycles. The second-order valence-corrected chi connectivity index (χ2v) is 8.56. The number of benzene rings is 1. The van der Waals surface area contributed by atoms with Crippen LogP contribution in [0.4, 0.5) is 17.3 Å². The number of nitrogens with zero attached hydrogens (tertiary/aromatic N) is 2. The predicted molar refractivity (Wildman–Crippen MR) is 127 cm³/mol. The molecule has 1 spiro atoms. The number of aromatic nitrogens is 2. The average molecular weight is 442 g/mol. The summed E-state index contributed by atoms with van der Waals surface area (Å²) in [5.74, 6) is 1.28. The lowest BCUT2D eigenvalue weighted by Crippen LogP contribution is -2.38. The minimum absolute atomic E-state index is 0.181. The van der Waals surface area contributed by atoms with E-state index in [1.807, 2.05) is 0 Å². The Morgan fingerprint density at radius 2 is 2.06 bits per heavy atom. The van der Waals surface area contributed by atoms with Crippen LogP contribution in [-0.4, -0.2) is 29.6 Å². The number of hydrogen-bond acceptors (Lipinski definition) is 9. The fourth-order valence-electron chi connectivity index (χ4n) is 4.76. The van der Waals surface area contributed by atoms with Crippen LogP contribution in [0.5, 0.6) is 0 Å². The van der Waals surface area contributed by atoms with Crippen LogP contribution in [0.3, 0.4) is 0 Å². The normalized spacial score (nSPS) is 19.8. The number of piperidine rings is 1. The Labute approximate surface area is 188 Å². The first-order chi connectivity index (χ1) is 15.2. The molecule has 2 aromatic rings. The summed E-state index contributed by atoms with van der Waals surface area (Å²) in [6.45, 7) is 4.75. The second-order valence-electron chi connectivity index (χ2n) is 8.18. The molecule has 4 rings (SSSR count). The first-order valence-electron chi connectivity index (χ1n) is 10.8. The lowest BCUT2D eigenvalue weighted by atomic mass is 9.74. The Morgan fingerprint density at radius 3 is 2.84 bits per heavy atom. The van der Waals surface area contributed by atoms with E-state index >= 15 is 0 Å². The molecule has 31 heavy (non-hydrogen) atoms. The molecule has 0 saturated carbocycles. The van der Waals surface area contributed by atoms with Crippen molar-refractivity contribution < 1.29 is 4.18 Å². The van der Waals surface area contributed by atoms with Crippen molar-refractivity contribution in [2.24, 2.45) is 5.14 Å². The third-order valence-corrected chi connectivity index (χ3v) is 6.67. The Kier molecular flexibility index (Phi) is 6.84. The topological polar surface area (TPSA) is 123 Å². The molecule has 2 aliphatic rings. The molecular weight excluding hydrogens is 410 g/mol. The second kappa shape index (κ2) is 9.76. The van der Waals surface area contributed by atoms with Gasteiger partial charge in [-0.3, -0.25) is 0 Å². The molecule has 8 nitrogen and oxygen atoms in total. The van der Waals surface area contributed by atoms with Crippen molar-refractivity contribution in [3.8, 4) is 0 Å². The third-order valence-electron chi connectivity index (χ3n) is 6.47. The number of fused-ring (bicyclic) bond motifs is 2. The van der Waals surface area contributed by atoms with Gasteiger partial charge < -0.3 is 25.9 Å². The average Bonchev–Trinajstić information content (AvgIpc) is 3.09. The number of nitrogens with two attached hydrogens (primary N) is 2. The lowest BCUT2D eigenvalue weighted by Gasteiger charge is -2.35. The van der Waals surface area contributed by atoms with E-state index in [9.17, 15) is 0 Å². The van der Waals surface area contributed by atoms with Crippen LogP contribution in [0, 0.1) is 0 Å². The summed E-state index contributed by atoms with van der Waals surface area (Å²) in [6.07, 6.45) is 7.40. The SMILES string of the molecule is CC/C(=C/OSN)CNc1ncnc(NC2CC3(CCNCC3)c3ccccc32)c1N. The van der Waals surface area contributed by atoms with Gasteiger partial charge in [-0.1, -0.05) is 31.2 Å². The summed E-state index contributed by atoms with van der Waals surface area (Å²) in [7, 11) is 0. The van der Waals surface area contributed by atoms with E-state index in [2.05, 4.69) is 57.1 Å². The molecule has 1 aromatic carbocycles. The number of nitrogen functional groups attached to an aromatic ring is 1. The van der Waals surface area contributed by atoms with Gasteiger partial charge in [0, 0.05) is 12.0 Å². The van der Waals surface area contributed by atoms with Gasteiger partial charge in [-0.15, -0.1) is 0 Å². The van der Waals surface area contributed by atoms with Gasteiger partial charge >= 0.3 is 0 Å². The molecule has 9 heteroatoms. The van der Waals surface area contributed by atoms with E-state index in [4.69, 9.17) is 15.1 Å². The number of rotatable bonds is 8. The fourth-order valence-corrected chi connectivity index (χ4v) is 4.95. The Hall–Kier alpha value is -2.49. The highest BCUT2D eigenvalue weighted by Gasteiger charge is 2.44. The molecule has 1 saturated heterocycles. The lowest BCUT2D eigenvalue weighted by molar-refractivity contribution is 0.298. The van der Waals surface area contributed by atoms with Crippen molar-refractivity contribution in [1.82, 2.24) is 15.3 Å². The minimum Gasteiger partial charge on any atom is -0.418 e. The number of hydrogen-bond donors (Lipinski definition) is 5. The summed E-state index contributed by atoms with van der Waals surface area (Å²) >= 11 is 0.825. The molecule has 1 aromatic heterocycles. The number of nitrogens with one attached hydrogen (secondary N) is 3. The fraction of sp³-hybridized carbons (Fsp3) is 0.455. The third kappa shape index (κ3) is 4.58. The van der Waals surface area contributed by atoms with Crippen molar-refractivity contribution in [1.29, 1.82) is 0 Å². The van der Waals surface area contributed by atoms with Gasteiger partial charge in [0.2, 0.25) is 0 Å². The first-order valence-corrected chi connectivity index (χ1v) is 11.6. The maximum Gasteiger partial charge on any atom is 0.155 e. The molecule has 0 bridgehead atoms. The Balaban J connectivity index is 1.52. The summed E-state index contributed by atoms with van der Waals surface area (Å²) in [5, 5.41) is 15.7. The van der Waals surface area contributed by atoms with Gasteiger partial charge in [0.15, 0.2) is 11.6 Å². The molecular formula is C22H31N7OS. The maximum atomic E-state index is 6.44. The highest BCUT2D eigenvalue weighted by Crippen LogP contribution is 2.51. The quantitative estimate of drug-likeness (QED) is 0.238. The van der Waals surface area contributed by atoms with Crippen molar-refractivity contribution in [2.75, 3.05) is 36.0 Å². The van der Waals surface area contributed by atoms with Gasteiger partial charge in [0.25, 0.3) is 0 Å². The predicted octanol–water partition coefficient (Wildman–Crippen LogP) is 3.48. The highest BCUT2D eigenvalue weighted by atomic mass is 32.2. The zero-order chi connectivity index (χ0) is 21.7. The Morgan fingerprint density at radius 1 is 1.29 bits per heavy atom. The molecule has 7 N–H and O–H groups in total. The van der Waals surface area contributed by atoms with Crippen LogP contribution < -0.4 is 26.8 Å². The molecule has 0 radical (unpaired) electrons. The zero-order valence-electron chi connectivity index (χ0n) is 17.9. The summed E-state index contributed by atoms with van der Waals surface area (Å²) < 4.78 is 5.12. The van der Waals surface area contributed by atoms with Gasteiger partial charge in [-0.2, -0.15) is 0 Å². The molecule has 1 atom stereocenters. The standard InChI is InChI=1S/C22H31N7OS/c1-2-15(13-30-31-24)12-26-20-19(23)21(28-14-27-20)29-18-11-22(7-9-25-10-8-22)17-6-4-3-5-16(17)18/h3-6,13-14,18,25H,2,7-12,23-24H2,1H3,(H2,26,27,28,29)/b15-13-. The van der Waals surface area contributed by atoms with Gasteiger partial charge in [-0.25, -0.2) is 15.1 Å². The van der Waals surface area contributed by atoms with E-state index in [1.165, 1.54) is 11.1 Å². The summed E-state index contributed by atoms with van der Waals surface area (Å²) in [6, 6.07) is 8.97. The minimum atomic E-state index is 0.181. The monoisotopic (exact) mass is 441 g/mol. The maximum absolute atomic E-state index is 6.44. The van der Waals surface area contributed by atoms with E-state index < -0.39 is 0 Å². The largest absolute Gasteiger partial charge is 0.418 e.